The Balaban J connectivity index is 2.21. The first kappa shape index (κ1) is 12.5. The molecule has 1 aliphatic rings. The zero-order valence-electron chi connectivity index (χ0n) is 10.2. The van der Waals surface area contributed by atoms with E-state index in [1.165, 1.54) is 5.56 Å². The number of rotatable bonds is 2. The Bertz CT molecular complexity index is 428. The minimum atomic E-state index is -0.780. The Kier molecular flexibility index (Phi) is 3.19. The van der Waals surface area contributed by atoms with Crippen LogP contribution in [-0.2, 0) is 4.79 Å². The van der Waals surface area contributed by atoms with Crippen LogP contribution in [0, 0.1) is 6.92 Å². The van der Waals surface area contributed by atoms with E-state index >= 15 is 0 Å². The number of aliphatic carboxylic acids is 1. The summed E-state index contributed by atoms with van der Waals surface area (Å²) >= 11 is 1.67. The second-order valence-electron chi connectivity index (χ2n) is 4.95. The first-order valence-corrected chi connectivity index (χ1v) is 6.51. The topological polar surface area (TPSA) is 49.3 Å². The highest BCUT2D eigenvalue weighted by atomic mass is 32.2. The maximum absolute atomic E-state index is 11.2. The minimum Gasteiger partial charge on any atom is -0.480 e. The molecule has 2 rings (SSSR count). The summed E-state index contributed by atoms with van der Waals surface area (Å²) in [6, 6.07) is 7.72. The van der Waals surface area contributed by atoms with Gasteiger partial charge in [-0.05, 0) is 26.3 Å². The lowest BCUT2D eigenvalue weighted by Crippen LogP contribution is -2.43. The number of thioether (sulfide) groups is 1. The lowest BCUT2D eigenvalue weighted by molar-refractivity contribution is -0.139. The van der Waals surface area contributed by atoms with Gasteiger partial charge < -0.3 is 5.11 Å². The monoisotopic (exact) mass is 251 g/mol. The summed E-state index contributed by atoms with van der Waals surface area (Å²) < 4.78 is -0.290. The SMILES string of the molecule is Cc1ccc([C@H]2N[C@H](C(=O)O)C(C)(C)S2)cc1. The number of aryl methyl sites for hydroxylation is 1. The predicted octanol–water partition coefficient (Wildman–Crippen LogP) is 2.56. The molecule has 0 aromatic heterocycles. The van der Waals surface area contributed by atoms with Crippen LogP contribution in [0.4, 0.5) is 0 Å². The molecule has 0 amide bonds. The predicted molar refractivity (Wildman–Crippen MR) is 70.1 cm³/mol. The summed E-state index contributed by atoms with van der Waals surface area (Å²) in [4.78, 5) is 11.2. The summed E-state index contributed by atoms with van der Waals surface area (Å²) in [7, 11) is 0. The zero-order chi connectivity index (χ0) is 12.6. The van der Waals surface area contributed by atoms with E-state index in [-0.39, 0.29) is 10.1 Å². The van der Waals surface area contributed by atoms with E-state index < -0.39 is 12.0 Å². The van der Waals surface area contributed by atoms with Crippen LogP contribution in [-0.4, -0.2) is 21.9 Å². The first-order valence-electron chi connectivity index (χ1n) is 5.63. The van der Waals surface area contributed by atoms with Gasteiger partial charge in [-0.2, -0.15) is 0 Å². The van der Waals surface area contributed by atoms with E-state index in [1.807, 2.05) is 20.8 Å². The number of carbonyl (C=O) groups is 1. The lowest BCUT2D eigenvalue weighted by Gasteiger charge is -2.20. The fourth-order valence-electron chi connectivity index (χ4n) is 2.03. The highest BCUT2D eigenvalue weighted by Gasteiger charge is 2.45. The smallest absolute Gasteiger partial charge is 0.322 e. The average molecular weight is 251 g/mol. The molecule has 1 saturated heterocycles. The Morgan fingerprint density at radius 2 is 1.94 bits per heavy atom. The van der Waals surface area contributed by atoms with Crippen molar-refractivity contribution in [3.05, 3.63) is 35.4 Å². The fourth-order valence-corrected chi connectivity index (χ4v) is 3.44. The standard InChI is InChI=1S/C13H17NO2S/c1-8-4-6-9(7-5-8)11-14-10(12(15)16)13(2,3)17-11/h4-7,10-11,14H,1-3H3,(H,15,16)/t10-,11+/m1/s1. The molecule has 1 fully saturated rings. The van der Waals surface area contributed by atoms with Crippen LogP contribution in [0.1, 0.15) is 30.3 Å². The van der Waals surface area contributed by atoms with Crippen LogP contribution in [0.25, 0.3) is 0 Å². The molecule has 0 aliphatic carbocycles. The molecule has 1 aliphatic heterocycles. The molecule has 92 valence electrons. The molecule has 2 atom stereocenters. The Hall–Kier alpha value is -1.00. The van der Waals surface area contributed by atoms with Gasteiger partial charge in [-0.3, -0.25) is 10.1 Å². The van der Waals surface area contributed by atoms with Gasteiger partial charge in [-0.1, -0.05) is 29.8 Å². The van der Waals surface area contributed by atoms with Crippen molar-refractivity contribution in [3.8, 4) is 0 Å². The Labute approximate surface area is 106 Å². The van der Waals surface area contributed by atoms with Crippen LogP contribution in [0.15, 0.2) is 24.3 Å². The van der Waals surface area contributed by atoms with Gasteiger partial charge in [-0.15, -0.1) is 11.8 Å². The number of hydrogen-bond acceptors (Lipinski definition) is 3. The molecule has 17 heavy (non-hydrogen) atoms. The third-order valence-corrected chi connectivity index (χ3v) is 4.55. The van der Waals surface area contributed by atoms with E-state index in [0.717, 1.165) is 5.56 Å². The second-order valence-corrected chi connectivity index (χ2v) is 6.71. The van der Waals surface area contributed by atoms with Crippen molar-refractivity contribution in [3.63, 3.8) is 0 Å². The maximum Gasteiger partial charge on any atom is 0.322 e. The van der Waals surface area contributed by atoms with Crippen LogP contribution in [0.3, 0.4) is 0 Å². The minimum absolute atomic E-state index is 0.0618. The average Bonchev–Trinajstić information content (AvgIpc) is 2.55. The van der Waals surface area contributed by atoms with Gasteiger partial charge in [0.05, 0.1) is 5.37 Å². The largest absolute Gasteiger partial charge is 0.480 e. The van der Waals surface area contributed by atoms with Crippen LogP contribution in [0.2, 0.25) is 0 Å². The number of nitrogens with one attached hydrogen (secondary N) is 1. The fraction of sp³-hybridized carbons (Fsp3) is 0.462. The highest BCUT2D eigenvalue weighted by molar-refractivity contribution is 8.01. The first-order chi connectivity index (χ1) is 7.90. The molecular formula is C13H17NO2S. The molecule has 0 unspecified atom stereocenters. The summed E-state index contributed by atoms with van der Waals surface area (Å²) in [5.41, 5.74) is 2.35. The van der Waals surface area contributed by atoms with Crippen molar-refractivity contribution in [1.29, 1.82) is 0 Å². The van der Waals surface area contributed by atoms with E-state index in [0.29, 0.717) is 0 Å². The molecule has 0 saturated carbocycles. The molecule has 2 N–H and O–H groups in total. The summed E-state index contributed by atoms with van der Waals surface area (Å²) in [6.45, 7) is 5.98. The summed E-state index contributed by atoms with van der Waals surface area (Å²) in [5, 5.41) is 12.4. The van der Waals surface area contributed by atoms with Crippen LogP contribution < -0.4 is 5.32 Å². The Morgan fingerprint density at radius 1 is 1.35 bits per heavy atom. The maximum atomic E-state index is 11.2. The van der Waals surface area contributed by atoms with E-state index in [1.54, 1.807) is 11.8 Å². The van der Waals surface area contributed by atoms with Crippen LogP contribution in [0.5, 0.6) is 0 Å². The number of carboxylic acids is 1. The molecule has 0 spiro atoms. The molecule has 1 aromatic rings. The summed E-state index contributed by atoms with van der Waals surface area (Å²) in [5.74, 6) is -0.780. The van der Waals surface area contributed by atoms with Crippen molar-refractivity contribution >= 4 is 17.7 Å². The van der Waals surface area contributed by atoms with Gasteiger partial charge >= 0.3 is 5.97 Å². The molecule has 3 nitrogen and oxygen atoms in total. The molecule has 4 heteroatoms. The Morgan fingerprint density at radius 3 is 2.41 bits per heavy atom. The van der Waals surface area contributed by atoms with Gasteiger partial charge in [0.15, 0.2) is 0 Å². The van der Waals surface area contributed by atoms with E-state index in [9.17, 15) is 9.90 Å². The van der Waals surface area contributed by atoms with E-state index in [4.69, 9.17) is 0 Å². The van der Waals surface area contributed by atoms with Gasteiger partial charge in [0.2, 0.25) is 0 Å². The third kappa shape index (κ3) is 2.48. The quantitative estimate of drug-likeness (QED) is 0.848. The molecule has 1 aromatic carbocycles. The van der Waals surface area contributed by atoms with Crippen molar-refractivity contribution in [2.75, 3.05) is 0 Å². The zero-order valence-corrected chi connectivity index (χ0v) is 11.0. The van der Waals surface area contributed by atoms with Gasteiger partial charge in [0.1, 0.15) is 6.04 Å². The van der Waals surface area contributed by atoms with Crippen LogP contribution >= 0.6 is 11.8 Å². The molecule has 0 bridgehead atoms. The van der Waals surface area contributed by atoms with Gasteiger partial charge in [0, 0.05) is 4.75 Å². The van der Waals surface area contributed by atoms with Crippen molar-refractivity contribution in [2.24, 2.45) is 0 Å². The number of carboxylic acid groups (broad SMARTS) is 1. The highest BCUT2D eigenvalue weighted by Crippen LogP contribution is 2.45. The van der Waals surface area contributed by atoms with Crippen molar-refractivity contribution in [2.45, 2.75) is 36.9 Å². The number of benzene rings is 1. The van der Waals surface area contributed by atoms with Crippen molar-refractivity contribution in [1.82, 2.24) is 5.32 Å². The molecular weight excluding hydrogens is 234 g/mol. The normalized spacial score (nSPS) is 27.0. The second kappa shape index (κ2) is 4.35. The number of hydrogen-bond donors (Lipinski definition) is 2. The third-order valence-electron chi connectivity index (χ3n) is 3.06. The lowest BCUT2D eigenvalue weighted by atomic mass is 10.0. The van der Waals surface area contributed by atoms with Crippen molar-refractivity contribution < 1.29 is 9.90 Å². The molecule has 0 radical (unpaired) electrons. The van der Waals surface area contributed by atoms with Gasteiger partial charge in [-0.25, -0.2) is 0 Å². The summed E-state index contributed by atoms with van der Waals surface area (Å²) in [6.07, 6.45) is 0. The van der Waals surface area contributed by atoms with E-state index in [2.05, 4.69) is 29.6 Å². The van der Waals surface area contributed by atoms with Gasteiger partial charge in [0.25, 0.3) is 0 Å². The molecule has 1 heterocycles.